The molecule has 2 fully saturated rings. The number of hydrogen-bond donors (Lipinski definition) is 3. The molecule has 188 valence electrons. The molecule has 2 aromatic rings. The number of halogens is 1. The van der Waals surface area contributed by atoms with E-state index >= 15 is 0 Å². The van der Waals surface area contributed by atoms with E-state index in [1.807, 2.05) is 43.5 Å². The first kappa shape index (κ1) is 25.5. The molecule has 2 aliphatic heterocycles. The maximum Gasteiger partial charge on any atom is 0.255 e. The lowest BCUT2D eigenvalue weighted by Crippen LogP contribution is -2.39. The third kappa shape index (κ3) is 5.79. The van der Waals surface area contributed by atoms with Crippen molar-refractivity contribution in [2.24, 2.45) is 11.0 Å². The number of allylic oxidation sites excluding steroid dienone is 1. The molecule has 1 saturated carbocycles. The molecule has 0 spiro atoms. The number of nitrogens with one attached hydrogen (secondary N) is 3. The minimum Gasteiger partial charge on any atom is -0.355 e. The summed E-state index contributed by atoms with van der Waals surface area (Å²) in [5, 5.41) is 15.8. The number of rotatable bonds is 7. The Bertz CT molecular complexity index is 1220. The first-order valence-corrected chi connectivity index (χ1v) is 12.5. The molecule has 0 aromatic heterocycles. The van der Waals surface area contributed by atoms with Crippen LogP contribution in [0.25, 0.3) is 5.57 Å². The van der Waals surface area contributed by atoms with Gasteiger partial charge in [-0.25, -0.2) is 0 Å². The van der Waals surface area contributed by atoms with E-state index in [0.717, 1.165) is 41.3 Å². The van der Waals surface area contributed by atoms with Gasteiger partial charge in [0.25, 0.3) is 11.8 Å². The van der Waals surface area contributed by atoms with Gasteiger partial charge in [-0.05, 0) is 67.0 Å². The Labute approximate surface area is 217 Å². The monoisotopic (exact) mass is 505 g/mol. The van der Waals surface area contributed by atoms with Gasteiger partial charge >= 0.3 is 0 Å². The Balaban J connectivity index is 0.000000229. The molecule has 3 aliphatic rings. The Morgan fingerprint density at radius 3 is 2.56 bits per heavy atom. The predicted octanol–water partition coefficient (Wildman–Crippen LogP) is 4.41. The summed E-state index contributed by atoms with van der Waals surface area (Å²) >= 11 is 5.71. The number of amides is 2. The van der Waals surface area contributed by atoms with Gasteiger partial charge in [0, 0.05) is 30.2 Å². The second-order valence-corrected chi connectivity index (χ2v) is 9.90. The molecule has 1 saturated heterocycles. The molecule has 1 aliphatic carbocycles. The van der Waals surface area contributed by atoms with Crippen LogP contribution in [0.3, 0.4) is 0 Å². The number of carbonyl (C=O) groups is 2. The van der Waals surface area contributed by atoms with E-state index in [1.165, 1.54) is 12.8 Å². The van der Waals surface area contributed by atoms with Gasteiger partial charge in [-0.2, -0.15) is 5.10 Å². The van der Waals surface area contributed by atoms with Crippen molar-refractivity contribution in [2.45, 2.75) is 38.8 Å². The topological polar surface area (TPSA) is 85.8 Å². The van der Waals surface area contributed by atoms with E-state index in [-0.39, 0.29) is 11.8 Å². The van der Waals surface area contributed by atoms with Gasteiger partial charge in [-0.15, -0.1) is 0 Å². The number of hydrazone groups is 1. The van der Waals surface area contributed by atoms with Crippen molar-refractivity contribution in [2.75, 3.05) is 13.1 Å². The lowest BCUT2D eigenvalue weighted by molar-refractivity contribution is -0.123. The second-order valence-electron chi connectivity index (χ2n) is 9.46. The maximum absolute atomic E-state index is 12.2. The van der Waals surface area contributed by atoms with E-state index in [0.29, 0.717) is 23.0 Å². The average molecular weight is 506 g/mol. The molecular formula is C28H32ClN5O2. The van der Waals surface area contributed by atoms with Gasteiger partial charge in [-0.1, -0.05) is 55.1 Å². The molecule has 5 rings (SSSR count). The zero-order valence-corrected chi connectivity index (χ0v) is 21.5. The van der Waals surface area contributed by atoms with Gasteiger partial charge in [0.05, 0.1) is 12.0 Å². The molecule has 36 heavy (non-hydrogen) atoms. The van der Waals surface area contributed by atoms with Crippen LogP contribution in [-0.2, 0) is 16.9 Å². The fourth-order valence-electron chi connectivity index (χ4n) is 4.14. The summed E-state index contributed by atoms with van der Waals surface area (Å²) in [6.07, 6.45) is 4.47. The first-order valence-electron chi connectivity index (χ1n) is 12.1. The first-order chi connectivity index (χ1) is 17.2. The highest BCUT2D eigenvalue weighted by Gasteiger charge is 2.40. The zero-order chi connectivity index (χ0) is 25.9. The molecule has 3 N–H and O–H groups in total. The summed E-state index contributed by atoms with van der Waals surface area (Å²) in [4.78, 5) is 23.2. The van der Waals surface area contributed by atoms with E-state index < -0.39 is 5.54 Å². The van der Waals surface area contributed by atoms with Crippen LogP contribution in [-0.4, -0.2) is 36.1 Å². The number of carbonyl (C=O) groups excluding carboxylic acids is 2. The standard InChI is InChI=1S/C20H26N4O.C8H6ClNO/c1-5-24(13-16-6-7-16)21-12-14(2)17-8-10-18(11-9-17)20(4)19(25)22-15(3)23-20;9-6-2-1-5-4-10-8(11)7(5)3-6/h8-12,16,23H,2-3,5-7,13H2,1,4H3,(H,22,25);1-3H,4H2,(H,10,11)/b21-12-;/t20-;/m0./s1. The fourth-order valence-corrected chi connectivity index (χ4v) is 4.31. The van der Waals surface area contributed by atoms with Crippen LogP contribution in [0.4, 0.5) is 0 Å². The summed E-state index contributed by atoms with van der Waals surface area (Å²) in [5.74, 6) is 1.22. The lowest BCUT2D eigenvalue weighted by atomic mass is 9.91. The lowest BCUT2D eigenvalue weighted by Gasteiger charge is -2.22. The SMILES string of the molecule is C=C1NC(=O)[C@](C)(c2ccc(C(=C)/C=N\N(CC)CC3CC3)cc2)N1.O=C1NCc2ccc(Cl)cc21. The highest BCUT2D eigenvalue weighted by Crippen LogP contribution is 2.30. The third-order valence-electron chi connectivity index (χ3n) is 6.62. The molecule has 7 nitrogen and oxygen atoms in total. The summed E-state index contributed by atoms with van der Waals surface area (Å²) in [6.45, 7) is 14.4. The Hall–Kier alpha value is -3.58. The van der Waals surface area contributed by atoms with E-state index in [2.05, 4.69) is 46.1 Å². The van der Waals surface area contributed by atoms with Crippen molar-refractivity contribution in [3.63, 3.8) is 0 Å². The second kappa shape index (κ2) is 10.6. The highest BCUT2D eigenvalue weighted by molar-refractivity contribution is 6.31. The molecule has 0 unspecified atom stereocenters. The van der Waals surface area contributed by atoms with Crippen LogP contribution in [0.5, 0.6) is 0 Å². The molecule has 8 heteroatoms. The summed E-state index contributed by atoms with van der Waals surface area (Å²) in [5.41, 5.74) is 3.70. The van der Waals surface area contributed by atoms with Crippen LogP contribution in [0.1, 0.15) is 53.7 Å². The van der Waals surface area contributed by atoms with Crippen molar-refractivity contribution in [1.29, 1.82) is 0 Å². The minimum absolute atomic E-state index is 0.0255. The van der Waals surface area contributed by atoms with Crippen LogP contribution in [0, 0.1) is 5.92 Å². The highest BCUT2D eigenvalue weighted by atomic mass is 35.5. The van der Waals surface area contributed by atoms with Crippen molar-refractivity contribution in [1.82, 2.24) is 21.0 Å². The van der Waals surface area contributed by atoms with Crippen molar-refractivity contribution in [3.8, 4) is 0 Å². The third-order valence-corrected chi connectivity index (χ3v) is 6.85. The number of fused-ring (bicyclic) bond motifs is 1. The van der Waals surface area contributed by atoms with Crippen LogP contribution in [0.2, 0.25) is 5.02 Å². The van der Waals surface area contributed by atoms with Crippen molar-refractivity contribution in [3.05, 3.63) is 88.7 Å². The fraction of sp³-hybridized carbons (Fsp3) is 0.321. The molecule has 2 heterocycles. The predicted molar refractivity (Wildman–Crippen MR) is 144 cm³/mol. The maximum atomic E-state index is 12.2. The van der Waals surface area contributed by atoms with E-state index in [9.17, 15) is 9.59 Å². The van der Waals surface area contributed by atoms with Gasteiger partial charge < -0.3 is 16.0 Å². The molecule has 0 radical (unpaired) electrons. The van der Waals surface area contributed by atoms with Gasteiger partial charge in [-0.3, -0.25) is 14.6 Å². The quantitative estimate of drug-likeness (QED) is 0.384. The minimum atomic E-state index is -0.783. The Morgan fingerprint density at radius 1 is 1.22 bits per heavy atom. The van der Waals surface area contributed by atoms with Crippen molar-refractivity contribution < 1.29 is 9.59 Å². The normalized spacial score (nSPS) is 20.2. The number of nitrogens with zero attached hydrogens (tertiary/aromatic N) is 2. The average Bonchev–Trinajstić information content (AvgIpc) is 3.56. The van der Waals surface area contributed by atoms with Crippen LogP contribution in [0.15, 0.2) is 66.5 Å². The van der Waals surface area contributed by atoms with Gasteiger partial charge in [0.1, 0.15) is 5.54 Å². The summed E-state index contributed by atoms with van der Waals surface area (Å²) < 4.78 is 0. The van der Waals surface area contributed by atoms with E-state index in [4.69, 9.17) is 11.6 Å². The summed E-state index contributed by atoms with van der Waals surface area (Å²) in [7, 11) is 0. The smallest absolute Gasteiger partial charge is 0.255 e. The van der Waals surface area contributed by atoms with Gasteiger partial charge in [0.15, 0.2) is 0 Å². The largest absolute Gasteiger partial charge is 0.355 e. The molecule has 1 atom stereocenters. The molecular weight excluding hydrogens is 474 g/mol. The number of hydrogen-bond acceptors (Lipinski definition) is 5. The van der Waals surface area contributed by atoms with E-state index in [1.54, 1.807) is 12.1 Å². The van der Waals surface area contributed by atoms with Crippen molar-refractivity contribution >= 4 is 35.2 Å². The zero-order valence-electron chi connectivity index (χ0n) is 20.7. The summed E-state index contributed by atoms with van der Waals surface area (Å²) in [6, 6.07) is 13.2. The Morgan fingerprint density at radius 2 is 1.94 bits per heavy atom. The van der Waals surface area contributed by atoms with Gasteiger partial charge in [0.2, 0.25) is 0 Å². The van der Waals surface area contributed by atoms with Crippen LogP contribution >= 0.6 is 11.6 Å². The molecule has 2 amide bonds. The number of benzene rings is 2. The van der Waals surface area contributed by atoms with Crippen LogP contribution < -0.4 is 16.0 Å². The molecule has 2 aromatic carbocycles. The molecule has 0 bridgehead atoms. The Kier molecular flexibility index (Phi) is 7.50.